The second-order valence-corrected chi connectivity index (χ2v) is 11.2. The molecule has 1 aliphatic rings. The smallest absolute Gasteiger partial charge is 0.243 e. The first-order valence-electron chi connectivity index (χ1n) is 12.1. The molecule has 184 valence electrons. The van der Waals surface area contributed by atoms with Gasteiger partial charge in [-0.15, -0.1) is 0 Å². The highest BCUT2D eigenvalue weighted by Gasteiger charge is 2.28. The molecule has 1 saturated heterocycles. The van der Waals surface area contributed by atoms with E-state index < -0.39 is 10.0 Å². The first kappa shape index (κ1) is 25.1. The SMILES string of the molecule is CC1CCN(S(=O)(=O)c2ccc(NC(=O)CN(Cc3ccccc3)Cc3ccccc3)cc2)CC1. The molecule has 0 unspecified atom stereocenters. The Bertz CT molecular complexity index is 1150. The highest BCUT2D eigenvalue weighted by Crippen LogP contribution is 2.24. The van der Waals surface area contributed by atoms with E-state index in [4.69, 9.17) is 0 Å². The Kier molecular flexibility index (Phi) is 8.33. The summed E-state index contributed by atoms with van der Waals surface area (Å²) in [5.41, 5.74) is 2.86. The quantitative estimate of drug-likeness (QED) is 0.469. The fourth-order valence-corrected chi connectivity index (χ4v) is 5.81. The number of carbonyl (C=O) groups is 1. The summed E-state index contributed by atoms with van der Waals surface area (Å²) in [7, 11) is -3.51. The molecule has 3 aromatic rings. The van der Waals surface area contributed by atoms with Crippen molar-refractivity contribution in [2.24, 2.45) is 5.92 Å². The Morgan fingerprint density at radius 2 is 1.37 bits per heavy atom. The molecule has 0 aromatic heterocycles. The Hall–Kier alpha value is -3.00. The highest BCUT2D eigenvalue weighted by atomic mass is 32.2. The van der Waals surface area contributed by atoms with E-state index in [0.29, 0.717) is 37.8 Å². The molecule has 1 N–H and O–H groups in total. The van der Waals surface area contributed by atoms with Gasteiger partial charge < -0.3 is 5.32 Å². The van der Waals surface area contributed by atoms with Crippen LogP contribution in [0.4, 0.5) is 5.69 Å². The van der Waals surface area contributed by atoms with Crippen molar-refractivity contribution in [1.29, 1.82) is 0 Å². The van der Waals surface area contributed by atoms with Crippen LogP contribution in [-0.2, 0) is 27.9 Å². The normalized spacial score (nSPS) is 15.3. The maximum Gasteiger partial charge on any atom is 0.243 e. The number of rotatable bonds is 9. The number of nitrogens with zero attached hydrogens (tertiary/aromatic N) is 2. The molecule has 0 aliphatic carbocycles. The molecule has 1 aliphatic heterocycles. The van der Waals surface area contributed by atoms with Crippen LogP contribution in [0.15, 0.2) is 89.8 Å². The molecule has 35 heavy (non-hydrogen) atoms. The molecule has 0 spiro atoms. The zero-order valence-corrected chi connectivity index (χ0v) is 21.0. The molecule has 3 aromatic carbocycles. The van der Waals surface area contributed by atoms with Crippen molar-refractivity contribution in [3.8, 4) is 0 Å². The van der Waals surface area contributed by atoms with Crippen molar-refractivity contribution in [1.82, 2.24) is 9.21 Å². The third kappa shape index (κ3) is 7.01. The van der Waals surface area contributed by atoms with Crippen molar-refractivity contribution >= 4 is 21.6 Å². The van der Waals surface area contributed by atoms with Gasteiger partial charge in [-0.25, -0.2) is 8.42 Å². The molecule has 0 atom stereocenters. The van der Waals surface area contributed by atoms with E-state index in [-0.39, 0.29) is 17.3 Å². The number of hydrogen-bond acceptors (Lipinski definition) is 4. The summed E-state index contributed by atoms with van der Waals surface area (Å²) >= 11 is 0. The van der Waals surface area contributed by atoms with Crippen LogP contribution < -0.4 is 5.32 Å². The van der Waals surface area contributed by atoms with Crippen LogP contribution in [0.2, 0.25) is 0 Å². The lowest BCUT2D eigenvalue weighted by Crippen LogP contribution is -2.37. The zero-order chi connectivity index (χ0) is 24.7. The number of hydrogen-bond donors (Lipinski definition) is 1. The van der Waals surface area contributed by atoms with E-state index in [1.807, 2.05) is 36.4 Å². The van der Waals surface area contributed by atoms with Gasteiger partial charge in [-0.3, -0.25) is 9.69 Å². The first-order chi connectivity index (χ1) is 16.9. The molecule has 1 amide bonds. The predicted molar refractivity (Wildman–Crippen MR) is 139 cm³/mol. The molecule has 0 radical (unpaired) electrons. The second kappa shape index (κ2) is 11.6. The summed E-state index contributed by atoms with van der Waals surface area (Å²) in [4.78, 5) is 15.2. The third-order valence-electron chi connectivity index (χ3n) is 6.38. The van der Waals surface area contributed by atoms with Crippen LogP contribution in [0.3, 0.4) is 0 Å². The molecular formula is C28H33N3O3S. The van der Waals surface area contributed by atoms with Crippen molar-refractivity contribution in [2.75, 3.05) is 25.0 Å². The van der Waals surface area contributed by atoms with E-state index in [2.05, 4.69) is 41.4 Å². The fourth-order valence-electron chi connectivity index (χ4n) is 4.34. The lowest BCUT2D eigenvalue weighted by Gasteiger charge is -2.29. The van der Waals surface area contributed by atoms with Crippen LogP contribution in [-0.4, -0.2) is 43.2 Å². The maximum atomic E-state index is 13.0. The Balaban J connectivity index is 1.39. The number of nitrogens with one attached hydrogen (secondary N) is 1. The lowest BCUT2D eigenvalue weighted by molar-refractivity contribution is -0.117. The minimum atomic E-state index is -3.51. The topological polar surface area (TPSA) is 69.7 Å². The van der Waals surface area contributed by atoms with Crippen molar-refractivity contribution in [3.63, 3.8) is 0 Å². The maximum absolute atomic E-state index is 13.0. The van der Waals surface area contributed by atoms with Crippen molar-refractivity contribution in [2.45, 2.75) is 37.8 Å². The number of piperidine rings is 1. The number of carbonyl (C=O) groups excluding carboxylic acids is 1. The van der Waals surface area contributed by atoms with Gasteiger partial charge in [0, 0.05) is 31.9 Å². The van der Waals surface area contributed by atoms with Crippen LogP contribution in [0.5, 0.6) is 0 Å². The van der Waals surface area contributed by atoms with Crippen LogP contribution in [0.1, 0.15) is 30.9 Å². The van der Waals surface area contributed by atoms with Gasteiger partial charge in [0.05, 0.1) is 11.4 Å². The van der Waals surface area contributed by atoms with Gasteiger partial charge in [-0.1, -0.05) is 67.6 Å². The summed E-state index contributed by atoms with van der Waals surface area (Å²) < 4.78 is 27.5. The minimum absolute atomic E-state index is 0.141. The van der Waals surface area contributed by atoms with Crippen molar-refractivity contribution in [3.05, 3.63) is 96.1 Å². The molecular weight excluding hydrogens is 458 g/mol. The van der Waals surface area contributed by atoms with E-state index in [1.165, 1.54) is 0 Å². The number of anilines is 1. The second-order valence-electron chi connectivity index (χ2n) is 9.28. The molecule has 0 bridgehead atoms. The van der Waals surface area contributed by atoms with Gasteiger partial charge in [0.2, 0.25) is 15.9 Å². The van der Waals surface area contributed by atoms with E-state index >= 15 is 0 Å². The van der Waals surface area contributed by atoms with Crippen LogP contribution in [0, 0.1) is 5.92 Å². The van der Waals surface area contributed by atoms with Gasteiger partial charge in [-0.2, -0.15) is 4.31 Å². The fraction of sp³-hybridized carbons (Fsp3) is 0.321. The molecule has 7 heteroatoms. The third-order valence-corrected chi connectivity index (χ3v) is 8.30. The standard InChI is InChI=1S/C28H33N3O3S/c1-23-16-18-31(19-17-23)35(33,34)27-14-12-26(13-15-27)29-28(32)22-30(20-24-8-4-2-5-9-24)21-25-10-6-3-7-11-25/h2-15,23H,16-22H2,1H3,(H,29,32). The average Bonchev–Trinajstić information content (AvgIpc) is 2.86. The monoisotopic (exact) mass is 491 g/mol. The Morgan fingerprint density at radius 3 is 1.89 bits per heavy atom. The van der Waals surface area contributed by atoms with Gasteiger partial charge in [0.25, 0.3) is 0 Å². The Morgan fingerprint density at radius 1 is 0.857 bits per heavy atom. The van der Waals surface area contributed by atoms with Gasteiger partial charge in [0.15, 0.2) is 0 Å². The molecule has 1 heterocycles. The lowest BCUT2D eigenvalue weighted by atomic mass is 10.0. The largest absolute Gasteiger partial charge is 0.325 e. The first-order valence-corrected chi connectivity index (χ1v) is 13.5. The van der Waals surface area contributed by atoms with Crippen molar-refractivity contribution < 1.29 is 13.2 Å². The highest BCUT2D eigenvalue weighted by molar-refractivity contribution is 7.89. The van der Waals surface area contributed by atoms with E-state index in [9.17, 15) is 13.2 Å². The van der Waals surface area contributed by atoms with Gasteiger partial charge in [0.1, 0.15) is 0 Å². The minimum Gasteiger partial charge on any atom is -0.325 e. The number of benzene rings is 3. The molecule has 0 saturated carbocycles. The van der Waals surface area contributed by atoms with Crippen LogP contribution >= 0.6 is 0 Å². The molecule has 1 fully saturated rings. The summed E-state index contributed by atoms with van der Waals surface area (Å²) in [6.45, 7) is 4.78. The molecule has 6 nitrogen and oxygen atoms in total. The summed E-state index contributed by atoms with van der Waals surface area (Å²) in [5.74, 6) is 0.417. The van der Waals surface area contributed by atoms with E-state index in [0.717, 1.165) is 24.0 Å². The molecule has 4 rings (SSSR count). The summed E-state index contributed by atoms with van der Waals surface area (Å²) in [6.07, 6.45) is 1.77. The zero-order valence-electron chi connectivity index (χ0n) is 20.1. The Labute approximate surface area is 208 Å². The van der Waals surface area contributed by atoms with Crippen LogP contribution in [0.25, 0.3) is 0 Å². The average molecular weight is 492 g/mol. The summed E-state index contributed by atoms with van der Waals surface area (Å²) in [5, 5.41) is 2.92. The predicted octanol–water partition coefficient (Wildman–Crippen LogP) is 4.75. The van der Waals surface area contributed by atoms with E-state index in [1.54, 1.807) is 28.6 Å². The van der Waals surface area contributed by atoms with Gasteiger partial charge in [-0.05, 0) is 54.2 Å². The summed E-state index contributed by atoms with van der Waals surface area (Å²) in [6, 6.07) is 26.6. The number of sulfonamides is 1. The number of amides is 1. The van der Waals surface area contributed by atoms with Gasteiger partial charge >= 0.3 is 0 Å².